The molecule has 4 heteroatoms. The van der Waals surface area contributed by atoms with Gasteiger partial charge in [-0.15, -0.1) is 0 Å². The van der Waals surface area contributed by atoms with E-state index < -0.39 is 0 Å². The van der Waals surface area contributed by atoms with Gasteiger partial charge in [0.15, 0.2) is 0 Å². The third-order valence-corrected chi connectivity index (χ3v) is 3.90. The highest BCUT2D eigenvalue weighted by molar-refractivity contribution is 9.10. The number of nitrogens with zero attached hydrogens (tertiary/aromatic N) is 1. The highest BCUT2D eigenvalue weighted by Crippen LogP contribution is 2.31. The standard InChI is InChI=1S/C15H13BrN2O/c1-18-13-5-3-2-4-12(13)15(19)17-14(18)10-6-8-11(16)9-7-10/h2-9,14H,1H3,(H,17,19). The van der Waals surface area contributed by atoms with Gasteiger partial charge in [0.2, 0.25) is 0 Å². The Kier molecular flexibility index (Phi) is 3.03. The van der Waals surface area contributed by atoms with Crippen molar-refractivity contribution in [2.75, 3.05) is 11.9 Å². The van der Waals surface area contributed by atoms with Crippen molar-refractivity contribution >= 4 is 27.5 Å². The first-order chi connectivity index (χ1) is 9.16. The Hall–Kier alpha value is -1.81. The molecular weight excluding hydrogens is 304 g/mol. The third-order valence-electron chi connectivity index (χ3n) is 3.37. The minimum atomic E-state index is -0.129. The molecule has 3 rings (SSSR count). The lowest BCUT2D eigenvalue weighted by atomic mass is 10.0. The van der Waals surface area contributed by atoms with E-state index in [1.807, 2.05) is 55.6 Å². The lowest BCUT2D eigenvalue weighted by Gasteiger charge is -2.36. The van der Waals surface area contributed by atoms with Crippen molar-refractivity contribution in [2.24, 2.45) is 0 Å². The maximum atomic E-state index is 12.1. The number of anilines is 1. The number of halogens is 1. The zero-order valence-corrected chi connectivity index (χ0v) is 12.0. The van der Waals surface area contributed by atoms with Crippen LogP contribution >= 0.6 is 15.9 Å². The van der Waals surface area contributed by atoms with Crippen LogP contribution in [0.15, 0.2) is 53.0 Å². The van der Waals surface area contributed by atoms with Gasteiger partial charge in [-0.05, 0) is 29.8 Å². The van der Waals surface area contributed by atoms with Gasteiger partial charge >= 0.3 is 0 Å². The molecule has 0 aromatic heterocycles. The zero-order chi connectivity index (χ0) is 13.4. The number of amides is 1. The number of hydrogen-bond donors (Lipinski definition) is 1. The molecular formula is C15H13BrN2O. The average molecular weight is 317 g/mol. The van der Waals surface area contributed by atoms with Gasteiger partial charge in [0.1, 0.15) is 6.17 Å². The number of nitrogens with one attached hydrogen (secondary N) is 1. The van der Waals surface area contributed by atoms with Crippen LogP contribution in [0.4, 0.5) is 5.69 Å². The third kappa shape index (κ3) is 2.12. The number of carbonyl (C=O) groups excluding carboxylic acids is 1. The van der Waals surface area contributed by atoms with E-state index in [1.54, 1.807) is 0 Å². The predicted molar refractivity (Wildman–Crippen MR) is 79.2 cm³/mol. The van der Waals surface area contributed by atoms with Crippen molar-refractivity contribution in [3.63, 3.8) is 0 Å². The highest BCUT2D eigenvalue weighted by Gasteiger charge is 2.28. The molecule has 0 aliphatic carbocycles. The number of benzene rings is 2. The summed E-state index contributed by atoms with van der Waals surface area (Å²) in [5, 5.41) is 3.03. The second-order valence-electron chi connectivity index (χ2n) is 4.56. The number of rotatable bonds is 1. The number of fused-ring (bicyclic) bond motifs is 1. The van der Waals surface area contributed by atoms with E-state index >= 15 is 0 Å². The SMILES string of the molecule is CN1c2ccccc2C(=O)NC1c1ccc(Br)cc1. The Morgan fingerprint density at radius 3 is 2.53 bits per heavy atom. The van der Waals surface area contributed by atoms with Gasteiger partial charge in [0, 0.05) is 11.5 Å². The Morgan fingerprint density at radius 1 is 1.11 bits per heavy atom. The quantitative estimate of drug-likeness (QED) is 0.875. The van der Waals surface area contributed by atoms with Crippen molar-refractivity contribution in [2.45, 2.75) is 6.17 Å². The highest BCUT2D eigenvalue weighted by atomic mass is 79.9. The Balaban J connectivity index is 2.02. The summed E-state index contributed by atoms with van der Waals surface area (Å²) in [6.45, 7) is 0. The molecule has 0 fully saturated rings. The molecule has 2 aromatic rings. The molecule has 1 aliphatic heterocycles. The summed E-state index contributed by atoms with van der Waals surface area (Å²) >= 11 is 3.42. The van der Waals surface area contributed by atoms with Crippen LogP contribution in [0, 0.1) is 0 Å². The van der Waals surface area contributed by atoms with Crippen LogP contribution in [0.25, 0.3) is 0 Å². The summed E-state index contributed by atoms with van der Waals surface area (Å²) in [4.78, 5) is 14.2. The van der Waals surface area contributed by atoms with Gasteiger partial charge in [-0.3, -0.25) is 4.79 Å². The largest absolute Gasteiger partial charge is 0.350 e. The van der Waals surface area contributed by atoms with E-state index in [9.17, 15) is 4.79 Å². The second-order valence-corrected chi connectivity index (χ2v) is 5.47. The number of para-hydroxylation sites is 1. The number of hydrogen-bond acceptors (Lipinski definition) is 2. The molecule has 1 heterocycles. The summed E-state index contributed by atoms with van der Waals surface area (Å²) < 4.78 is 1.03. The maximum absolute atomic E-state index is 12.1. The van der Waals surface area contributed by atoms with E-state index in [0.717, 1.165) is 21.3 Å². The van der Waals surface area contributed by atoms with Gasteiger partial charge in [0.25, 0.3) is 5.91 Å². The monoisotopic (exact) mass is 316 g/mol. The molecule has 0 spiro atoms. The smallest absolute Gasteiger partial charge is 0.255 e. The Morgan fingerprint density at radius 2 is 1.79 bits per heavy atom. The van der Waals surface area contributed by atoms with Crippen LogP contribution in [0.5, 0.6) is 0 Å². The molecule has 0 saturated heterocycles. The summed E-state index contributed by atoms with van der Waals surface area (Å²) in [6.07, 6.45) is -0.129. The Bertz CT molecular complexity index is 624. The van der Waals surface area contributed by atoms with E-state index in [1.165, 1.54) is 0 Å². The molecule has 1 aliphatic rings. The fourth-order valence-corrected chi connectivity index (χ4v) is 2.63. The van der Waals surface area contributed by atoms with E-state index in [0.29, 0.717) is 0 Å². The molecule has 96 valence electrons. The van der Waals surface area contributed by atoms with Gasteiger partial charge in [0.05, 0.1) is 11.3 Å². The minimum absolute atomic E-state index is 0.0263. The summed E-state index contributed by atoms with van der Waals surface area (Å²) in [5.41, 5.74) is 2.74. The molecule has 3 nitrogen and oxygen atoms in total. The Labute approximate surface area is 120 Å². The summed E-state index contributed by atoms with van der Waals surface area (Å²) in [5.74, 6) is -0.0263. The van der Waals surface area contributed by atoms with Crippen molar-refractivity contribution in [3.8, 4) is 0 Å². The summed E-state index contributed by atoms with van der Waals surface area (Å²) in [7, 11) is 1.99. The second kappa shape index (κ2) is 4.70. The first-order valence-electron chi connectivity index (χ1n) is 6.05. The lowest BCUT2D eigenvalue weighted by Crippen LogP contribution is -2.44. The van der Waals surface area contributed by atoms with E-state index in [2.05, 4.69) is 26.1 Å². The summed E-state index contributed by atoms with van der Waals surface area (Å²) in [6, 6.07) is 15.6. The van der Waals surface area contributed by atoms with Gasteiger partial charge in [-0.2, -0.15) is 0 Å². The first kappa shape index (κ1) is 12.2. The van der Waals surface area contributed by atoms with Gasteiger partial charge in [-0.25, -0.2) is 0 Å². The molecule has 0 radical (unpaired) electrons. The maximum Gasteiger partial charge on any atom is 0.255 e. The fourth-order valence-electron chi connectivity index (χ4n) is 2.36. The molecule has 0 saturated carbocycles. The average Bonchev–Trinajstić information content (AvgIpc) is 2.44. The molecule has 1 amide bonds. The number of carbonyl (C=O) groups is 1. The zero-order valence-electron chi connectivity index (χ0n) is 10.4. The van der Waals surface area contributed by atoms with Crippen molar-refractivity contribution < 1.29 is 4.79 Å². The van der Waals surface area contributed by atoms with Gasteiger partial charge in [-0.1, -0.05) is 40.2 Å². The van der Waals surface area contributed by atoms with E-state index in [4.69, 9.17) is 0 Å². The van der Waals surface area contributed by atoms with Crippen LogP contribution in [0.2, 0.25) is 0 Å². The predicted octanol–water partition coefficient (Wildman–Crippen LogP) is 3.33. The van der Waals surface area contributed by atoms with Crippen LogP contribution in [-0.4, -0.2) is 13.0 Å². The molecule has 0 bridgehead atoms. The molecule has 19 heavy (non-hydrogen) atoms. The van der Waals surface area contributed by atoms with Crippen LogP contribution in [-0.2, 0) is 0 Å². The van der Waals surface area contributed by atoms with E-state index in [-0.39, 0.29) is 12.1 Å². The van der Waals surface area contributed by atoms with Crippen molar-refractivity contribution in [3.05, 3.63) is 64.1 Å². The van der Waals surface area contributed by atoms with Crippen molar-refractivity contribution in [1.82, 2.24) is 5.32 Å². The molecule has 1 atom stereocenters. The molecule has 2 aromatic carbocycles. The topological polar surface area (TPSA) is 32.3 Å². The van der Waals surface area contributed by atoms with Gasteiger partial charge < -0.3 is 10.2 Å². The van der Waals surface area contributed by atoms with Crippen molar-refractivity contribution in [1.29, 1.82) is 0 Å². The van der Waals surface area contributed by atoms with Crippen LogP contribution in [0.1, 0.15) is 22.1 Å². The van der Waals surface area contributed by atoms with Crippen LogP contribution < -0.4 is 10.2 Å². The lowest BCUT2D eigenvalue weighted by molar-refractivity contribution is 0.0928. The molecule has 1 unspecified atom stereocenters. The van der Waals surface area contributed by atoms with Crippen LogP contribution in [0.3, 0.4) is 0 Å². The normalized spacial score (nSPS) is 17.9. The molecule has 1 N–H and O–H groups in total. The minimum Gasteiger partial charge on any atom is -0.350 e. The fraction of sp³-hybridized carbons (Fsp3) is 0.133. The first-order valence-corrected chi connectivity index (χ1v) is 6.84.